The fourth-order valence-corrected chi connectivity index (χ4v) is 3.29. The van der Waals surface area contributed by atoms with Crippen LogP contribution in [0.4, 0.5) is 0 Å². The van der Waals surface area contributed by atoms with Gasteiger partial charge in [-0.25, -0.2) is 4.98 Å². The van der Waals surface area contributed by atoms with Crippen molar-refractivity contribution in [3.63, 3.8) is 0 Å². The summed E-state index contributed by atoms with van der Waals surface area (Å²) < 4.78 is 5.44. The summed E-state index contributed by atoms with van der Waals surface area (Å²) in [7, 11) is 1.63. The molecule has 0 spiro atoms. The maximum atomic E-state index is 10.7. The van der Waals surface area contributed by atoms with Gasteiger partial charge in [0.1, 0.15) is 11.9 Å². The molecule has 1 atom stereocenters. The molecule has 4 heteroatoms. The third-order valence-corrected chi connectivity index (χ3v) is 4.72. The number of methoxy groups -OCH3 is 1. The van der Waals surface area contributed by atoms with E-state index in [-0.39, 0.29) is 5.41 Å². The Labute approximate surface area is 130 Å². The summed E-state index contributed by atoms with van der Waals surface area (Å²) in [6.07, 6.45) is -0.757. The molecule has 0 saturated carbocycles. The van der Waals surface area contributed by atoms with E-state index in [9.17, 15) is 5.11 Å². The summed E-state index contributed by atoms with van der Waals surface area (Å²) in [6.45, 7) is 10.4. The smallest absolute Gasteiger partial charge is 0.126 e. The second-order valence-electron chi connectivity index (χ2n) is 6.43. The first-order valence-corrected chi connectivity index (χ1v) is 7.91. The molecule has 2 rings (SSSR count). The Morgan fingerprint density at radius 3 is 2.43 bits per heavy atom. The number of hydrogen-bond acceptors (Lipinski definition) is 4. The maximum absolute atomic E-state index is 10.7. The Hall–Kier alpha value is -1.39. The van der Waals surface area contributed by atoms with Crippen LogP contribution in [0.3, 0.4) is 0 Å². The van der Waals surface area contributed by atoms with Gasteiger partial charge in [-0.15, -0.1) is 11.3 Å². The van der Waals surface area contributed by atoms with Gasteiger partial charge >= 0.3 is 0 Å². The summed E-state index contributed by atoms with van der Waals surface area (Å²) in [5.74, 6) is 0.713. The first kappa shape index (κ1) is 16.0. The summed E-state index contributed by atoms with van der Waals surface area (Å²) in [5, 5.41) is 13.7. The molecule has 0 bridgehead atoms. The van der Waals surface area contributed by atoms with Crippen molar-refractivity contribution in [3.05, 3.63) is 44.9 Å². The molecular formula is C17H23NO2S. The lowest BCUT2D eigenvalue weighted by atomic mass is 9.97. The van der Waals surface area contributed by atoms with Crippen LogP contribution in [-0.4, -0.2) is 17.2 Å². The average molecular weight is 305 g/mol. The number of aliphatic hydroxyl groups excluding tert-OH is 1. The van der Waals surface area contributed by atoms with Gasteiger partial charge in [0.05, 0.1) is 17.8 Å². The van der Waals surface area contributed by atoms with Crippen LogP contribution in [0.2, 0.25) is 0 Å². The molecule has 1 heterocycles. The molecule has 0 aliphatic rings. The van der Waals surface area contributed by atoms with Crippen LogP contribution in [0.1, 0.15) is 54.3 Å². The summed E-state index contributed by atoms with van der Waals surface area (Å²) in [5.41, 5.74) is 3.62. The van der Waals surface area contributed by atoms with Crippen LogP contribution >= 0.6 is 11.3 Å². The molecular weight excluding hydrogens is 282 g/mol. The highest BCUT2D eigenvalue weighted by Crippen LogP contribution is 2.35. The van der Waals surface area contributed by atoms with Crippen molar-refractivity contribution in [1.29, 1.82) is 0 Å². The predicted molar refractivity (Wildman–Crippen MR) is 87.3 cm³/mol. The van der Waals surface area contributed by atoms with Crippen LogP contribution in [0.15, 0.2) is 17.5 Å². The topological polar surface area (TPSA) is 42.4 Å². The lowest BCUT2D eigenvalue weighted by molar-refractivity contribution is 0.209. The Kier molecular flexibility index (Phi) is 4.40. The van der Waals surface area contributed by atoms with Crippen molar-refractivity contribution < 1.29 is 9.84 Å². The van der Waals surface area contributed by atoms with Gasteiger partial charge < -0.3 is 9.84 Å². The molecule has 1 unspecified atom stereocenters. The molecule has 114 valence electrons. The van der Waals surface area contributed by atoms with Crippen molar-refractivity contribution in [2.75, 3.05) is 7.11 Å². The van der Waals surface area contributed by atoms with E-state index in [0.717, 1.165) is 21.7 Å². The van der Waals surface area contributed by atoms with Gasteiger partial charge in [0.2, 0.25) is 0 Å². The fourth-order valence-electron chi connectivity index (χ4n) is 2.36. The number of aliphatic hydroxyl groups is 1. The lowest BCUT2D eigenvalue weighted by Gasteiger charge is -2.17. The lowest BCUT2D eigenvalue weighted by Crippen LogP contribution is -2.12. The number of nitrogens with zero attached hydrogens (tertiary/aromatic N) is 1. The molecule has 0 aliphatic carbocycles. The average Bonchev–Trinajstić information content (AvgIpc) is 2.86. The highest BCUT2D eigenvalue weighted by molar-refractivity contribution is 7.09. The largest absolute Gasteiger partial charge is 0.496 e. The highest BCUT2D eigenvalue weighted by Gasteiger charge is 2.24. The Morgan fingerprint density at radius 1 is 1.24 bits per heavy atom. The van der Waals surface area contributed by atoms with Crippen molar-refractivity contribution in [1.82, 2.24) is 4.98 Å². The van der Waals surface area contributed by atoms with Gasteiger partial charge in [0, 0.05) is 16.4 Å². The third-order valence-electron chi connectivity index (χ3n) is 3.43. The molecule has 0 saturated heterocycles. The van der Waals surface area contributed by atoms with E-state index >= 15 is 0 Å². The van der Waals surface area contributed by atoms with Crippen LogP contribution < -0.4 is 4.74 Å². The molecule has 0 aliphatic heterocycles. The Balaban J connectivity index is 2.45. The zero-order chi connectivity index (χ0) is 15.8. The quantitative estimate of drug-likeness (QED) is 0.926. The molecule has 21 heavy (non-hydrogen) atoms. The molecule has 0 radical (unpaired) electrons. The number of aryl methyl sites for hydroxylation is 2. The first-order chi connectivity index (χ1) is 9.74. The first-order valence-electron chi connectivity index (χ1n) is 7.03. The Bertz CT molecular complexity index is 641. The van der Waals surface area contributed by atoms with Crippen molar-refractivity contribution >= 4 is 11.3 Å². The molecule has 0 amide bonds. The van der Waals surface area contributed by atoms with E-state index in [0.29, 0.717) is 11.4 Å². The fraction of sp³-hybridized carbons (Fsp3) is 0.471. The molecule has 1 N–H and O–H groups in total. The van der Waals surface area contributed by atoms with E-state index < -0.39 is 6.10 Å². The normalized spacial score (nSPS) is 13.3. The van der Waals surface area contributed by atoms with E-state index in [2.05, 4.69) is 31.8 Å². The number of aromatic nitrogens is 1. The SMILES string of the molecule is COc1cc(C)cc(C)c1C(O)c1csc(C(C)(C)C)n1. The monoisotopic (exact) mass is 305 g/mol. The van der Waals surface area contributed by atoms with Gasteiger partial charge in [0.25, 0.3) is 0 Å². The van der Waals surface area contributed by atoms with Crippen molar-refractivity contribution in [2.24, 2.45) is 0 Å². The summed E-state index contributed by atoms with van der Waals surface area (Å²) >= 11 is 1.59. The molecule has 1 aromatic heterocycles. The van der Waals surface area contributed by atoms with E-state index in [1.807, 2.05) is 25.3 Å². The summed E-state index contributed by atoms with van der Waals surface area (Å²) in [6, 6.07) is 4.00. The minimum atomic E-state index is -0.757. The van der Waals surface area contributed by atoms with Crippen LogP contribution in [0.25, 0.3) is 0 Å². The standard InChI is InChI=1S/C17H23NO2S/c1-10-7-11(2)14(13(8-10)20-6)15(19)12-9-21-16(18-12)17(3,4)5/h7-9,15,19H,1-6H3. The van der Waals surface area contributed by atoms with Gasteiger partial charge in [-0.3, -0.25) is 0 Å². The van der Waals surface area contributed by atoms with Gasteiger partial charge in [-0.2, -0.15) is 0 Å². The number of thiazole rings is 1. The maximum Gasteiger partial charge on any atom is 0.126 e. The number of ether oxygens (including phenoxy) is 1. The van der Waals surface area contributed by atoms with Crippen LogP contribution in [0, 0.1) is 13.8 Å². The number of benzene rings is 1. The minimum Gasteiger partial charge on any atom is -0.496 e. The third kappa shape index (κ3) is 3.27. The van der Waals surface area contributed by atoms with E-state index in [1.165, 1.54) is 0 Å². The molecule has 3 nitrogen and oxygen atoms in total. The molecule has 1 aromatic carbocycles. The zero-order valence-electron chi connectivity index (χ0n) is 13.5. The molecule has 0 fully saturated rings. The van der Waals surface area contributed by atoms with Crippen molar-refractivity contribution in [2.45, 2.75) is 46.1 Å². The summed E-state index contributed by atoms with van der Waals surface area (Å²) in [4.78, 5) is 4.61. The zero-order valence-corrected chi connectivity index (χ0v) is 14.3. The van der Waals surface area contributed by atoms with E-state index in [1.54, 1.807) is 18.4 Å². The second kappa shape index (κ2) is 5.78. The van der Waals surface area contributed by atoms with E-state index in [4.69, 9.17) is 4.74 Å². The second-order valence-corrected chi connectivity index (χ2v) is 7.29. The molecule has 2 aromatic rings. The Morgan fingerprint density at radius 2 is 1.90 bits per heavy atom. The minimum absolute atomic E-state index is 0.00492. The number of rotatable bonds is 3. The highest BCUT2D eigenvalue weighted by atomic mass is 32.1. The van der Waals surface area contributed by atoms with Crippen molar-refractivity contribution in [3.8, 4) is 5.75 Å². The van der Waals surface area contributed by atoms with Crippen LogP contribution in [-0.2, 0) is 5.41 Å². The number of hydrogen-bond donors (Lipinski definition) is 1. The van der Waals surface area contributed by atoms with Gasteiger partial charge in [-0.1, -0.05) is 26.8 Å². The predicted octanol–water partition coefficient (Wildman–Crippen LogP) is 4.15. The van der Waals surface area contributed by atoms with Gasteiger partial charge in [0.15, 0.2) is 0 Å². The van der Waals surface area contributed by atoms with Gasteiger partial charge in [-0.05, 0) is 31.0 Å². The van der Waals surface area contributed by atoms with Crippen LogP contribution in [0.5, 0.6) is 5.75 Å².